The topological polar surface area (TPSA) is 104 Å². The van der Waals surface area contributed by atoms with Gasteiger partial charge < -0.3 is 20.7 Å². The molecule has 9 heteroatoms. The van der Waals surface area contributed by atoms with Crippen molar-refractivity contribution in [3.63, 3.8) is 0 Å². The number of anilines is 1. The molecule has 0 aliphatic rings. The monoisotopic (exact) mass is 351 g/mol. The minimum Gasteiger partial charge on any atom is -0.347 e. The molecule has 2 unspecified atom stereocenters. The Hall–Kier alpha value is -2.10. The van der Waals surface area contributed by atoms with E-state index in [0.717, 1.165) is 11.3 Å². The molecule has 4 N–H and O–H groups in total. The lowest BCUT2D eigenvalue weighted by Gasteiger charge is -2.34. The highest BCUT2D eigenvalue weighted by Crippen LogP contribution is 2.25. The molecule has 2 aromatic rings. The number of amides is 1. The molecular formula is C14H17N5O2S2. The maximum atomic E-state index is 12.6. The van der Waals surface area contributed by atoms with Gasteiger partial charge in [-0.2, -0.15) is 0 Å². The van der Waals surface area contributed by atoms with Crippen LogP contribution >= 0.6 is 23.6 Å². The summed E-state index contributed by atoms with van der Waals surface area (Å²) in [6.07, 6.45) is 0.577. The van der Waals surface area contributed by atoms with Gasteiger partial charge in [-0.05, 0) is 17.8 Å². The molecule has 0 bridgehead atoms. The van der Waals surface area contributed by atoms with Gasteiger partial charge in [0.1, 0.15) is 17.9 Å². The van der Waals surface area contributed by atoms with Crippen LogP contribution in [0.3, 0.4) is 0 Å². The Morgan fingerprint density at radius 3 is 2.61 bits per heavy atom. The van der Waals surface area contributed by atoms with Crippen LogP contribution in [0, 0.1) is 3.95 Å². The van der Waals surface area contributed by atoms with Crippen LogP contribution in [0.2, 0.25) is 0 Å². The zero-order chi connectivity index (χ0) is 17.0. The SMILES string of the molecule is CN(C)C(=O)C(Nc1n[nH]c(=S)s1)C(N)(C=O)c1ccccc1. The van der Waals surface area contributed by atoms with Crippen molar-refractivity contribution in [2.75, 3.05) is 19.4 Å². The van der Waals surface area contributed by atoms with E-state index < -0.39 is 11.6 Å². The highest BCUT2D eigenvalue weighted by Gasteiger charge is 2.42. The van der Waals surface area contributed by atoms with Crippen LogP contribution in [0.5, 0.6) is 0 Å². The van der Waals surface area contributed by atoms with Crippen LogP contribution in [-0.2, 0) is 15.1 Å². The number of aromatic amines is 1. The second kappa shape index (κ2) is 6.99. The standard InChI is InChI=1S/C14H17N5O2S2/c1-19(2)11(21)10(16-12-17-18-13(22)23-12)14(15,8-20)9-6-4-3-5-7-9/h3-8,10H,15H2,1-2H3,(H,16,17)(H,18,22). The highest BCUT2D eigenvalue weighted by atomic mass is 32.1. The number of likely N-dealkylation sites (N-methyl/N-ethyl adjacent to an activating group) is 1. The molecule has 0 radical (unpaired) electrons. The molecule has 1 aromatic heterocycles. The van der Waals surface area contributed by atoms with Crippen LogP contribution in [0.1, 0.15) is 5.56 Å². The highest BCUT2D eigenvalue weighted by molar-refractivity contribution is 7.73. The lowest BCUT2D eigenvalue weighted by atomic mass is 9.84. The molecule has 1 amide bonds. The minimum atomic E-state index is -1.55. The molecular weight excluding hydrogens is 334 g/mol. The van der Waals surface area contributed by atoms with Gasteiger partial charge in [-0.3, -0.25) is 9.89 Å². The Labute approximate surface area is 142 Å². The van der Waals surface area contributed by atoms with Gasteiger partial charge in [-0.25, -0.2) is 0 Å². The molecule has 7 nitrogen and oxygen atoms in total. The summed E-state index contributed by atoms with van der Waals surface area (Å²) in [6, 6.07) is 7.72. The van der Waals surface area contributed by atoms with Gasteiger partial charge in [-0.15, -0.1) is 5.10 Å². The van der Waals surface area contributed by atoms with E-state index in [2.05, 4.69) is 15.5 Å². The van der Waals surface area contributed by atoms with Crippen molar-refractivity contribution in [1.82, 2.24) is 15.1 Å². The number of nitrogens with two attached hydrogens (primary N) is 1. The molecule has 0 aliphatic heterocycles. The van der Waals surface area contributed by atoms with Crippen LogP contribution in [-0.4, -0.2) is 47.4 Å². The van der Waals surface area contributed by atoms with Crippen LogP contribution in [0.4, 0.5) is 5.13 Å². The molecule has 0 fully saturated rings. The van der Waals surface area contributed by atoms with Crippen LogP contribution in [0.25, 0.3) is 0 Å². The summed E-state index contributed by atoms with van der Waals surface area (Å²) in [4.78, 5) is 25.8. The minimum absolute atomic E-state index is 0.343. The lowest BCUT2D eigenvalue weighted by Crippen LogP contribution is -2.59. The van der Waals surface area contributed by atoms with Crippen molar-refractivity contribution in [3.8, 4) is 0 Å². The second-order valence-electron chi connectivity index (χ2n) is 5.15. The third kappa shape index (κ3) is 3.63. The Kier molecular flexibility index (Phi) is 5.24. The van der Waals surface area contributed by atoms with Crippen molar-refractivity contribution < 1.29 is 9.59 Å². The maximum Gasteiger partial charge on any atom is 0.247 e. The van der Waals surface area contributed by atoms with Gasteiger partial charge in [0.05, 0.1) is 0 Å². The summed E-state index contributed by atoms with van der Waals surface area (Å²) in [5.74, 6) is -0.343. The van der Waals surface area contributed by atoms with Gasteiger partial charge in [0.2, 0.25) is 11.0 Å². The smallest absolute Gasteiger partial charge is 0.247 e. The summed E-state index contributed by atoms with van der Waals surface area (Å²) < 4.78 is 0.456. The van der Waals surface area contributed by atoms with Gasteiger partial charge >= 0.3 is 0 Å². The summed E-state index contributed by atoms with van der Waals surface area (Å²) in [5.41, 5.74) is 5.30. The molecule has 2 rings (SSSR count). The van der Waals surface area contributed by atoms with E-state index >= 15 is 0 Å². The number of carbonyl (C=O) groups excluding carboxylic acids is 2. The van der Waals surface area contributed by atoms with E-state index in [1.807, 2.05) is 6.07 Å². The predicted molar refractivity (Wildman–Crippen MR) is 91.8 cm³/mol. The summed E-state index contributed by atoms with van der Waals surface area (Å²) >= 11 is 6.14. The zero-order valence-corrected chi connectivity index (χ0v) is 14.3. The fourth-order valence-electron chi connectivity index (χ4n) is 2.09. The van der Waals surface area contributed by atoms with Crippen molar-refractivity contribution in [1.29, 1.82) is 0 Å². The van der Waals surface area contributed by atoms with Crippen molar-refractivity contribution in [2.45, 2.75) is 11.6 Å². The fourth-order valence-corrected chi connectivity index (χ4v) is 2.91. The molecule has 0 aliphatic carbocycles. The van der Waals surface area contributed by atoms with E-state index in [4.69, 9.17) is 18.0 Å². The van der Waals surface area contributed by atoms with E-state index in [0.29, 0.717) is 20.9 Å². The zero-order valence-electron chi connectivity index (χ0n) is 12.6. The van der Waals surface area contributed by atoms with Gasteiger partial charge in [-0.1, -0.05) is 41.7 Å². The number of nitrogens with one attached hydrogen (secondary N) is 2. The summed E-state index contributed by atoms with van der Waals surface area (Å²) in [6.45, 7) is 0. The molecule has 1 aromatic carbocycles. The van der Waals surface area contributed by atoms with E-state index in [9.17, 15) is 9.59 Å². The molecule has 2 atom stereocenters. The first-order chi connectivity index (χ1) is 10.9. The Bertz CT molecular complexity index is 743. The first kappa shape index (κ1) is 17.3. The van der Waals surface area contributed by atoms with Crippen LogP contribution in [0.15, 0.2) is 30.3 Å². The molecule has 0 saturated heterocycles. The van der Waals surface area contributed by atoms with Gasteiger partial charge in [0, 0.05) is 14.1 Å². The average molecular weight is 351 g/mol. The Morgan fingerprint density at radius 1 is 1.48 bits per heavy atom. The maximum absolute atomic E-state index is 12.6. The lowest BCUT2D eigenvalue weighted by molar-refractivity contribution is -0.133. The molecule has 1 heterocycles. The van der Waals surface area contributed by atoms with Crippen molar-refractivity contribution in [3.05, 3.63) is 39.8 Å². The van der Waals surface area contributed by atoms with Crippen LogP contribution < -0.4 is 11.1 Å². The number of benzene rings is 1. The Balaban J connectivity index is 2.48. The number of rotatable bonds is 6. The number of carbonyl (C=O) groups is 2. The number of hydrogen-bond donors (Lipinski definition) is 3. The first-order valence-electron chi connectivity index (χ1n) is 6.72. The number of hydrogen-bond acceptors (Lipinski definition) is 7. The number of aldehydes is 1. The fraction of sp³-hybridized carbons (Fsp3) is 0.286. The number of H-pyrrole nitrogens is 1. The number of nitrogens with zero attached hydrogens (tertiary/aromatic N) is 2. The largest absolute Gasteiger partial charge is 0.347 e. The molecule has 0 saturated carbocycles. The third-order valence-corrected chi connectivity index (χ3v) is 4.36. The second-order valence-corrected chi connectivity index (χ2v) is 6.81. The predicted octanol–water partition coefficient (Wildman–Crippen LogP) is 1.12. The quantitative estimate of drug-likeness (QED) is 0.532. The van der Waals surface area contributed by atoms with E-state index in [1.54, 1.807) is 38.4 Å². The average Bonchev–Trinajstić information content (AvgIpc) is 2.97. The summed E-state index contributed by atoms with van der Waals surface area (Å²) in [5, 5.41) is 9.92. The van der Waals surface area contributed by atoms with E-state index in [-0.39, 0.29) is 5.91 Å². The molecule has 23 heavy (non-hydrogen) atoms. The summed E-state index contributed by atoms with van der Waals surface area (Å²) in [7, 11) is 3.19. The van der Waals surface area contributed by atoms with E-state index in [1.165, 1.54) is 4.90 Å². The molecule has 122 valence electrons. The normalized spacial score (nSPS) is 14.6. The first-order valence-corrected chi connectivity index (χ1v) is 7.95. The molecule has 0 spiro atoms. The van der Waals surface area contributed by atoms with Gasteiger partial charge in [0.25, 0.3) is 0 Å². The third-order valence-electron chi connectivity index (χ3n) is 3.34. The Morgan fingerprint density at radius 2 is 2.13 bits per heavy atom. The van der Waals surface area contributed by atoms with Crippen molar-refractivity contribution in [2.24, 2.45) is 5.73 Å². The van der Waals surface area contributed by atoms with Crippen molar-refractivity contribution >= 4 is 40.9 Å². The number of aromatic nitrogens is 2. The van der Waals surface area contributed by atoms with Gasteiger partial charge in [0.15, 0.2) is 3.95 Å².